The lowest BCUT2D eigenvalue weighted by Gasteiger charge is -2.18. The number of nitrogens with one attached hydrogen (secondary N) is 2. The topological polar surface area (TPSA) is 44.4 Å². The maximum absolute atomic E-state index is 13.4. The van der Waals surface area contributed by atoms with Crippen LogP contribution in [0.25, 0.3) is 22.4 Å². The predicted molar refractivity (Wildman–Crippen MR) is 165 cm³/mol. The normalized spacial score (nSPS) is 13.6. The molecule has 1 aliphatic heterocycles. The van der Waals surface area contributed by atoms with E-state index in [1.807, 2.05) is 60.7 Å². The number of fused-ring (bicyclic) bond motifs is 1. The van der Waals surface area contributed by atoms with E-state index in [4.69, 9.17) is 0 Å². The molecule has 1 heterocycles. The van der Waals surface area contributed by atoms with Crippen molar-refractivity contribution < 1.29 is 4.79 Å². The van der Waals surface area contributed by atoms with Crippen molar-refractivity contribution in [1.82, 2.24) is 4.90 Å². The lowest BCUT2D eigenvalue weighted by atomic mass is 9.97. The average Bonchev–Trinajstić information content (AvgIpc) is 3.32. The Morgan fingerprint density at radius 3 is 1.95 bits per heavy atom. The number of rotatable bonds is 8. The molecule has 0 unspecified atom stereocenters. The molecule has 4 heteroatoms. The van der Waals surface area contributed by atoms with Gasteiger partial charge in [0.05, 0.1) is 11.3 Å². The van der Waals surface area contributed by atoms with Crippen LogP contribution >= 0.6 is 0 Å². The second-order valence-electron chi connectivity index (χ2n) is 10.2. The molecular weight excluding hydrogens is 490 g/mol. The highest BCUT2D eigenvalue weighted by atomic mass is 16.2. The van der Waals surface area contributed by atoms with E-state index < -0.39 is 0 Å². The van der Waals surface area contributed by atoms with Gasteiger partial charge in [0.1, 0.15) is 0 Å². The van der Waals surface area contributed by atoms with Crippen molar-refractivity contribution in [2.45, 2.75) is 13.1 Å². The summed E-state index contributed by atoms with van der Waals surface area (Å²) in [4.78, 5) is 15.7. The fraction of sp³-hybridized carbons (Fsp3) is 0.0833. The van der Waals surface area contributed by atoms with Gasteiger partial charge >= 0.3 is 0 Å². The third-order valence-electron chi connectivity index (χ3n) is 7.15. The van der Waals surface area contributed by atoms with Crippen LogP contribution < -0.4 is 10.6 Å². The number of amides is 1. The summed E-state index contributed by atoms with van der Waals surface area (Å²) in [5, 5.41) is 6.68. The van der Waals surface area contributed by atoms with Gasteiger partial charge in [-0.15, -0.1) is 0 Å². The quantitative estimate of drug-likeness (QED) is 0.204. The molecule has 40 heavy (non-hydrogen) atoms. The number of carbonyl (C=O) groups excluding carboxylic acids is 1. The first kappa shape index (κ1) is 25.4. The summed E-state index contributed by atoms with van der Waals surface area (Å²) in [5.41, 5.74) is 9.77. The van der Waals surface area contributed by atoms with Gasteiger partial charge in [0.25, 0.3) is 5.91 Å². The van der Waals surface area contributed by atoms with Crippen LogP contribution in [0.15, 0.2) is 133 Å². The van der Waals surface area contributed by atoms with Gasteiger partial charge in [-0.3, -0.25) is 9.69 Å². The first-order chi connectivity index (χ1) is 19.6. The molecule has 0 saturated carbocycles. The van der Waals surface area contributed by atoms with Crippen LogP contribution in [0, 0.1) is 0 Å². The standard InChI is InChI=1S/C36H31N3O/c1-39(24-26-11-5-2-6-12-26)25-27-17-20-31(21-18-27)37-35(29-15-9-4-10-16-29)34-32-22-19-30(23-33(32)38-36(34)40)28-13-7-3-8-14-28/h2-23,37H,24-25H2,1H3,(H,38,40). The molecule has 6 rings (SSSR count). The molecule has 0 fully saturated rings. The summed E-state index contributed by atoms with van der Waals surface area (Å²) < 4.78 is 0. The van der Waals surface area contributed by atoms with Crippen molar-refractivity contribution in [2.75, 3.05) is 17.7 Å². The molecule has 1 amide bonds. The molecule has 5 aromatic rings. The molecule has 5 aromatic carbocycles. The van der Waals surface area contributed by atoms with E-state index in [9.17, 15) is 4.79 Å². The minimum atomic E-state index is -0.106. The zero-order valence-corrected chi connectivity index (χ0v) is 22.5. The molecule has 0 radical (unpaired) electrons. The van der Waals surface area contributed by atoms with Gasteiger partial charge in [0.15, 0.2) is 0 Å². The molecule has 0 spiro atoms. The number of carbonyl (C=O) groups is 1. The van der Waals surface area contributed by atoms with Crippen LogP contribution in [0.4, 0.5) is 11.4 Å². The van der Waals surface area contributed by atoms with Crippen molar-refractivity contribution in [3.05, 3.63) is 156 Å². The van der Waals surface area contributed by atoms with Crippen LogP contribution in [0.3, 0.4) is 0 Å². The summed E-state index contributed by atoms with van der Waals surface area (Å²) in [5.74, 6) is -0.106. The van der Waals surface area contributed by atoms with Crippen molar-refractivity contribution in [3.63, 3.8) is 0 Å². The van der Waals surface area contributed by atoms with Crippen LogP contribution in [0.5, 0.6) is 0 Å². The summed E-state index contributed by atoms with van der Waals surface area (Å²) in [6, 6.07) is 45.4. The van der Waals surface area contributed by atoms with Gasteiger partial charge in [-0.1, -0.05) is 115 Å². The number of nitrogens with zero attached hydrogens (tertiary/aromatic N) is 1. The SMILES string of the molecule is CN(Cc1ccccc1)Cc1ccc(NC(=C2C(=O)Nc3cc(-c4ccccc4)ccc32)c2ccccc2)cc1. The third kappa shape index (κ3) is 5.58. The van der Waals surface area contributed by atoms with E-state index >= 15 is 0 Å². The Morgan fingerprint density at radius 2 is 1.27 bits per heavy atom. The second-order valence-corrected chi connectivity index (χ2v) is 10.2. The molecule has 2 N–H and O–H groups in total. The minimum absolute atomic E-state index is 0.106. The maximum Gasteiger partial charge on any atom is 0.258 e. The Hall–Kier alpha value is -4.93. The van der Waals surface area contributed by atoms with Gasteiger partial charge in [0, 0.05) is 30.0 Å². The molecule has 0 bridgehead atoms. The predicted octanol–water partition coefficient (Wildman–Crippen LogP) is 7.92. The zero-order chi connectivity index (χ0) is 27.3. The number of anilines is 2. The van der Waals surface area contributed by atoms with Crippen LogP contribution in [-0.4, -0.2) is 17.9 Å². The molecule has 0 atom stereocenters. The number of benzene rings is 5. The zero-order valence-electron chi connectivity index (χ0n) is 22.5. The number of hydrogen-bond donors (Lipinski definition) is 2. The Labute approximate surface area is 235 Å². The summed E-state index contributed by atoms with van der Waals surface area (Å²) >= 11 is 0. The Balaban J connectivity index is 1.28. The van der Waals surface area contributed by atoms with Crippen molar-refractivity contribution in [2.24, 2.45) is 0 Å². The van der Waals surface area contributed by atoms with Crippen LogP contribution in [0.1, 0.15) is 22.3 Å². The molecule has 4 nitrogen and oxygen atoms in total. The first-order valence-electron chi connectivity index (χ1n) is 13.5. The average molecular weight is 522 g/mol. The second kappa shape index (κ2) is 11.4. The van der Waals surface area contributed by atoms with Crippen molar-refractivity contribution in [3.8, 4) is 11.1 Å². The van der Waals surface area contributed by atoms with Gasteiger partial charge < -0.3 is 10.6 Å². The lowest BCUT2D eigenvalue weighted by molar-refractivity contribution is -0.110. The smallest absolute Gasteiger partial charge is 0.258 e. The molecule has 196 valence electrons. The molecule has 1 aliphatic rings. The van der Waals surface area contributed by atoms with E-state index in [1.54, 1.807) is 0 Å². The fourth-order valence-corrected chi connectivity index (χ4v) is 5.22. The largest absolute Gasteiger partial charge is 0.354 e. The summed E-state index contributed by atoms with van der Waals surface area (Å²) in [6.07, 6.45) is 0. The van der Waals surface area contributed by atoms with E-state index in [2.05, 4.69) is 95.4 Å². The van der Waals surface area contributed by atoms with E-state index in [0.717, 1.165) is 52.4 Å². The van der Waals surface area contributed by atoms with E-state index in [0.29, 0.717) is 5.57 Å². The highest BCUT2D eigenvalue weighted by Crippen LogP contribution is 2.39. The van der Waals surface area contributed by atoms with Crippen LogP contribution in [-0.2, 0) is 17.9 Å². The molecule has 0 saturated heterocycles. The molecule has 0 aromatic heterocycles. The summed E-state index contributed by atoms with van der Waals surface area (Å²) in [6.45, 7) is 1.74. The summed E-state index contributed by atoms with van der Waals surface area (Å²) in [7, 11) is 2.14. The molecule has 0 aliphatic carbocycles. The lowest BCUT2D eigenvalue weighted by Crippen LogP contribution is -2.17. The van der Waals surface area contributed by atoms with Gasteiger partial charge in [-0.2, -0.15) is 0 Å². The van der Waals surface area contributed by atoms with Gasteiger partial charge in [-0.25, -0.2) is 0 Å². The third-order valence-corrected chi connectivity index (χ3v) is 7.15. The maximum atomic E-state index is 13.4. The van der Waals surface area contributed by atoms with E-state index in [-0.39, 0.29) is 5.91 Å². The number of hydrogen-bond acceptors (Lipinski definition) is 3. The Bertz CT molecular complexity index is 1640. The monoisotopic (exact) mass is 521 g/mol. The van der Waals surface area contributed by atoms with Gasteiger partial charge in [0.2, 0.25) is 0 Å². The van der Waals surface area contributed by atoms with Gasteiger partial charge in [-0.05, 0) is 53.1 Å². The molecular formula is C36H31N3O. The fourth-order valence-electron chi connectivity index (χ4n) is 5.22. The van der Waals surface area contributed by atoms with Crippen molar-refractivity contribution in [1.29, 1.82) is 0 Å². The highest BCUT2D eigenvalue weighted by molar-refractivity contribution is 6.37. The Morgan fingerprint density at radius 1 is 0.675 bits per heavy atom. The van der Waals surface area contributed by atoms with E-state index in [1.165, 1.54) is 11.1 Å². The minimum Gasteiger partial charge on any atom is -0.354 e. The Kier molecular flexibility index (Phi) is 7.25. The highest BCUT2D eigenvalue weighted by Gasteiger charge is 2.28. The first-order valence-corrected chi connectivity index (χ1v) is 13.5. The van der Waals surface area contributed by atoms with Crippen LogP contribution in [0.2, 0.25) is 0 Å². The van der Waals surface area contributed by atoms with Crippen molar-refractivity contribution >= 4 is 28.6 Å².